The number of rotatable bonds is 1. The molecular formula is C10H11F3O2. The van der Waals surface area contributed by atoms with Gasteiger partial charge >= 0.3 is 6.18 Å². The largest absolute Gasteiger partial charge is 0.508 e. The molecule has 0 saturated heterocycles. The highest BCUT2D eigenvalue weighted by Crippen LogP contribution is 2.40. The van der Waals surface area contributed by atoms with Gasteiger partial charge in [-0.3, -0.25) is 0 Å². The number of halogens is 3. The molecule has 2 nitrogen and oxygen atoms in total. The van der Waals surface area contributed by atoms with E-state index in [0.717, 1.165) is 6.07 Å². The number of phenolic OH excluding ortho intramolecular Hbond substituents is 2. The highest BCUT2D eigenvalue weighted by atomic mass is 19.4. The van der Waals surface area contributed by atoms with Gasteiger partial charge in [-0.1, -0.05) is 13.8 Å². The molecule has 0 aromatic heterocycles. The third-order valence-electron chi connectivity index (χ3n) is 2.07. The van der Waals surface area contributed by atoms with E-state index in [1.165, 1.54) is 0 Å². The van der Waals surface area contributed by atoms with E-state index in [2.05, 4.69) is 0 Å². The van der Waals surface area contributed by atoms with Crippen molar-refractivity contribution >= 4 is 0 Å². The topological polar surface area (TPSA) is 40.5 Å². The van der Waals surface area contributed by atoms with Crippen LogP contribution in [0.15, 0.2) is 12.1 Å². The molecule has 0 atom stereocenters. The Balaban J connectivity index is 3.32. The number of hydrogen-bond acceptors (Lipinski definition) is 2. The van der Waals surface area contributed by atoms with E-state index in [1.807, 2.05) is 0 Å². The quantitative estimate of drug-likeness (QED) is 0.713. The Kier molecular flexibility index (Phi) is 2.83. The van der Waals surface area contributed by atoms with E-state index in [4.69, 9.17) is 5.11 Å². The molecule has 15 heavy (non-hydrogen) atoms. The van der Waals surface area contributed by atoms with Gasteiger partial charge in [0.15, 0.2) is 0 Å². The summed E-state index contributed by atoms with van der Waals surface area (Å²) in [6.07, 6.45) is -4.66. The lowest BCUT2D eigenvalue weighted by molar-refractivity contribution is -0.138. The molecule has 1 aromatic rings. The van der Waals surface area contributed by atoms with Crippen LogP contribution < -0.4 is 0 Å². The maximum absolute atomic E-state index is 12.3. The van der Waals surface area contributed by atoms with Crippen molar-refractivity contribution in [2.75, 3.05) is 0 Å². The predicted octanol–water partition coefficient (Wildman–Crippen LogP) is 3.24. The molecule has 0 spiro atoms. The minimum Gasteiger partial charge on any atom is -0.508 e. The Morgan fingerprint density at radius 2 is 1.60 bits per heavy atom. The molecule has 0 heterocycles. The number of phenols is 2. The van der Waals surface area contributed by atoms with E-state index in [0.29, 0.717) is 11.6 Å². The second kappa shape index (κ2) is 3.64. The summed E-state index contributed by atoms with van der Waals surface area (Å²) in [5.41, 5.74) is -0.926. The molecule has 5 heteroatoms. The van der Waals surface area contributed by atoms with Gasteiger partial charge in [-0.15, -0.1) is 0 Å². The molecule has 0 aliphatic rings. The molecule has 84 valence electrons. The van der Waals surface area contributed by atoms with Crippen LogP contribution in [0.2, 0.25) is 0 Å². The molecule has 1 rings (SSSR count). The van der Waals surface area contributed by atoms with Crippen LogP contribution >= 0.6 is 0 Å². The molecule has 0 aliphatic heterocycles. The van der Waals surface area contributed by atoms with Crippen LogP contribution in [0.4, 0.5) is 13.2 Å². The van der Waals surface area contributed by atoms with Crippen molar-refractivity contribution < 1.29 is 23.4 Å². The minimum atomic E-state index is -4.66. The molecule has 0 bridgehead atoms. The summed E-state index contributed by atoms with van der Waals surface area (Å²) in [7, 11) is 0. The summed E-state index contributed by atoms with van der Waals surface area (Å²) >= 11 is 0. The van der Waals surface area contributed by atoms with Crippen LogP contribution in [0, 0.1) is 0 Å². The Hall–Kier alpha value is -1.39. The summed E-state index contributed by atoms with van der Waals surface area (Å²) in [5.74, 6) is -1.46. The monoisotopic (exact) mass is 220 g/mol. The smallest absolute Gasteiger partial charge is 0.420 e. The Morgan fingerprint density at radius 1 is 1.07 bits per heavy atom. The zero-order chi connectivity index (χ0) is 11.8. The number of aromatic hydroxyl groups is 2. The number of alkyl halides is 3. The van der Waals surface area contributed by atoms with Crippen LogP contribution in [0.5, 0.6) is 11.5 Å². The van der Waals surface area contributed by atoms with Crippen molar-refractivity contribution in [3.8, 4) is 11.5 Å². The predicted molar refractivity (Wildman–Crippen MR) is 48.9 cm³/mol. The van der Waals surface area contributed by atoms with Gasteiger partial charge in [0, 0.05) is 5.56 Å². The van der Waals surface area contributed by atoms with E-state index in [1.54, 1.807) is 13.8 Å². The van der Waals surface area contributed by atoms with Crippen molar-refractivity contribution in [3.63, 3.8) is 0 Å². The first-order valence-electron chi connectivity index (χ1n) is 4.36. The first-order valence-corrected chi connectivity index (χ1v) is 4.36. The first kappa shape index (κ1) is 11.7. The van der Waals surface area contributed by atoms with E-state index < -0.39 is 23.2 Å². The van der Waals surface area contributed by atoms with Gasteiger partial charge < -0.3 is 10.2 Å². The van der Waals surface area contributed by atoms with Gasteiger partial charge in [-0.25, -0.2) is 0 Å². The zero-order valence-corrected chi connectivity index (χ0v) is 8.26. The van der Waals surface area contributed by atoms with Gasteiger partial charge in [0.05, 0.1) is 0 Å². The molecule has 0 aliphatic carbocycles. The van der Waals surface area contributed by atoms with Crippen molar-refractivity contribution in [2.45, 2.75) is 25.9 Å². The lowest BCUT2D eigenvalue weighted by Gasteiger charge is -2.14. The number of benzene rings is 1. The summed E-state index contributed by atoms with van der Waals surface area (Å²) in [6.45, 7) is 3.42. The van der Waals surface area contributed by atoms with Crippen molar-refractivity contribution in [1.82, 2.24) is 0 Å². The SMILES string of the molecule is CC(C)c1cc(O)c(C(F)(F)F)cc1O. The summed E-state index contributed by atoms with van der Waals surface area (Å²) in [6, 6.07) is 1.49. The van der Waals surface area contributed by atoms with E-state index in [9.17, 15) is 18.3 Å². The second-order valence-electron chi connectivity index (χ2n) is 3.58. The minimum absolute atomic E-state index is 0.154. The fourth-order valence-corrected chi connectivity index (χ4v) is 1.28. The lowest BCUT2D eigenvalue weighted by Crippen LogP contribution is -2.06. The number of hydrogen-bond donors (Lipinski definition) is 2. The Labute approximate surface area is 85.0 Å². The normalized spacial score (nSPS) is 12.1. The Bertz CT molecular complexity index is 370. The van der Waals surface area contributed by atoms with Gasteiger partial charge in [0.25, 0.3) is 0 Å². The molecule has 0 saturated carbocycles. The standard InChI is InChI=1S/C10H11F3O2/c1-5(2)6-3-9(15)7(4-8(6)14)10(11,12)13/h3-5,14-15H,1-2H3. The van der Waals surface area contributed by atoms with Crippen LogP contribution in [0.1, 0.15) is 30.9 Å². The fourth-order valence-electron chi connectivity index (χ4n) is 1.28. The van der Waals surface area contributed by atoms with Gasteiger partial charge in [-0.05, 0) is 18.1 Å². The average Bonchev–Trinajstić information content (AvgIpc) is 2.06. The van der Waals surface area contributed by atoms with Gasteiger partial charge in [0.2, 0.25) is 0 Å². The lowest BCUT2D eigenvalue weighted by atomic mass is 9.99. The summed E-state index contributed by atoms with van der Waals surface area (Å²) < 4.78 is 36.9. The molecule has 0 amide bonds. The first-order chi connectivity index (χ1) is 6.73. The maximum Gasteiger partial charge on any atom is 0.420 e. The van der Waals surface area contributed by atoms with Gasteiger partial charge in [0.1, 0.15) is 17.1 Å². The Morgan fingerprint density at radius 3 is 2.00 bits per heavy atom. The highest BCUT2D eigenvalue weighted by Gasteiger charge is 2.35. The van der Waals surface area contributed by atoms with E-state index in [-0.39, 0.29) is 5.92 Å². The van der Waals surface area contributed by atoms with Crippen LogP contribution in [-0.2, 0) is 6.18 Å². The fraction of sp³-hybridized carbons (Fsp3) is 0.400. The van der Waals surface area contributed by atoms with Gasteiger partial charge in [-0.2, -0.15) is 13.2 Å². The summed E-state index contributed by atoms with van der Waals surface area (Å²) in [4.78, 5) is 0. The highest BCUT2D eigenvalue weighted by molar-refractivity contribution is 5.47. The maximum atomic E-state index is 12.3. The van der Waals surface area contributed by atoms with E-state index >= 15 is 0 Å². The molecule has 0 unspecified atom stereocenters. The third kappa shape index (κ3) is 2.34. The summed E-state index contributed by atoms with van der Waals surface area (Å²) in [5, 5.41) is 18.5. The van der Waals surface area contributed by atoms with Crippen LogP contribution in [-0.4, -0.2) is 10.2 Å². The molecule has 2 N–H and O–H groups in total. The van der Waals surface area contributed by atoms with Crippen molar-refractivity contribution in [3.05, 3.63) is 23.3 Å². The molecule has 1 aromatic carbocycles. The zero-order valence-electron chi connectivity index (χ0n) is 8.26. The second-order valence-corrected chi connectivity index (χ2v) is 3.58. The average molecular weight is 220 g/mol. The molecule has 0 fully saturated rings. The van der Waals surface area contributed by atoms with Crippen LogP contribution in [0.3, 0.4) is 0 Å². The van der Waals surface area contributed by atoms with Crippen molar-refractivity contribution in [2.24, 2.45) is 0 Å². The molecule has 0 radical (unpaired) electrons. The van der Waals surface area contributed by atoms with Crippen molar-refractivity contribution in [1.29, 1.82) is 0 Å². The third-order valence-corrected chi connectivity index (χ3v) is 2.07. The van der Waals surface area contributed by atoms with Crippen LogP contribution in [0.25, 0.3) is 0 Å². The molecular weight excluding hydrogens is 209 g/mol.